The number of aliphatic hydroxyl groups excluding tert-OH is 1. The van der Waals surface area contributed by atoms with Crippen molar-refractivity contribution in [2.75, 3.05) is 19.7 Å². The van der Waals surface area contributed by atoms with Crippen molar-refractivity contribution in [3.05, 3.63) is 5.32 Å². The third-order valence-corrected chi connectivity index (χ3v) is 5.35. The van der Waals surface area contributed by atoms with Crippen LogP contribution in [0.25, 0.3) is 5.32 Å². The smallest absolute Gasteiger partial charge is 1.00 e. The van der Waals surface area contributed by atoms with E-state index in [1.807, 2.05) is 0 Å². The second kappa shape index (κ2) is 44.8. The van der Waals surface area contributed by atoms with Crippen molar-refractivity contribution >= 4 is 0 Å². The van der Waals surface area contributed by atoms with Crippen LogP contribution in [0.1, 0.15) is 149 Å². The quantitative estimate of drug-likeness (QED) is 0.174. The van der Waals surface area contributed by atoms with Crippen molar-refractivity contribution < 1.29 is 51.6 Å². The van der Waals surface area contributed by atoms with Crippen molar-refractivity contribution in [1.82, 2.24) is 0 Å². The molecule has 189 valence electrons. The summed E-state index contributed by atoms with van der Waals surface area (Å²) in [5, 5.41) is 13.0. The second-order valence-corrected chi connectivity index (χ2v) is 8.40. The molecule has 0 unspecified atom stereocenters. The van der Waals surface area contributed by atoms with E-state index < -0.39 is 0 Å². The van der Waals surface area contributed by atoms with E-state index in [0.717, 1.165) is 19.5 Å². The van der Waals surface area contributed by atoms with Crippen molar-refractivity contribution in [1.29, 1.82) is 0 Å². The molecular weight excluding hydrogens is 461 g/mol. The molecule has 0 aliphatic heterocycles. The van der Waals surface area contributed by atoms with Gasteiger partial charge >= 0.3 is 21.7 Å². The molecule has 0 aliphatic rings. The van der Waals surface area contributed by atoms with Crippen molar-refractivity contribution in [2.45, 2.75) is 149 Å². The van der Waals surface area contributed by atoms with Crippen LogP contribution in [0.5, 0.6) is 0 Å². The van der Waals surface area contributed by atoms with Gasteiger partial charge in [-0.25, -0.2) is 0 Å². The molecule has 5 heteroatoms. The van der Waals surface area contributed by atoms with E-state index in [9.17, 15) is 0 Å². The SMILES string of the molecule is CCCCCCCCCC[N-]CCCCCCCCCC.CCCCCCO.[Cl-].[Cl-].[Ti+3]. The fourth-order valence-electron chi connectivity index (χ4n) is 3.37. The van der Waals surface area contributed by atoms with Crippen molar-refractivity contribution in [3.63, 3.8) is 0 Å². The van der Waals surface area contributed by atoms with E-state index in [4.69, 9.17) is 5.11 Å². The predicted octanol–water partition coefficient (Wildman–Crippen LogP) is 3.21. The van der Waals surface area contributed by atoms with Crippen LogP contribution in [0.2, 0.25) is 0 Å². The first-order chi connectivity index (χ1) is 13.8. The van der Waals surface area contributed by atoms with Crippen LogP contribution in [0.4, 0.5) is 0 Å². The molecule has 0 aromatic carbocycles. The van der Waals surface area contributed by atoms with Crippen LogP contribution in [-0.4, -0.2) is 24.8 Å². The Labute approximate surface area is 225 Å². The van der Waals surface area contributed by atoms with E-state index in [0.29, 0.717) is 6.61 Å². The third-order valence-electron chi connectivity index (χ3n) is 5.35. The molecule has 0 spiro atoms. The minimum atomic E-state index is 0. The first-order valence-electron chi connectivity index (χ1n) is 13.1. The maximum absolute atomic E-state index is 8.29. The summed E-state index contributed by atoms with van der Waals surface area (Å²) in [6.07, 6.45) is 27.2. The van der Waals surface area contributed by atoms with Gasteiger partial charge in [0, 0.05) is 6.61 Å². The van der Waals surface area contributed by atoms with Crippen molar-refractivity contribution in [2.24, 2.45) is 0 Å². The normalized spacial score (nSPS) is 9.68. The number of hydrogen-bond donors (Lipinski definition) is 1. The molecule has 0 bridgehead atoms. The van der Waals surface area contributed by atoms with E-state index in [1.54, 1.807) is 0 Å². The summed E-state index contributed by atoms with van der Waals surface area (Å²) in [6.45, 7) is 9.33. The Kier molecular flexibility index (Phi) is 61.3. The maximum Gasteiger partial charge on any atom is 3.00 e. The molecular formula is C26H56Cl2NOTi. The molecule has 1 radical (unpaired) electrons. The summed E-state index contributed by atoms with van der Waals surface area (Å²) in [5.41, 5.74) is 0. The van der Waals surface area contributed by atoms with E-state index in [-0.39, 0.29) is 46.5 Å². The number of hydrogen-bond acceptors (Lipinski definition) is 1. The molecule has 0 saturated carbocycles. The van der Waals surface area contributed by atoms with Crippen LogP contribution < -0.4 is 24.8 Å². The Morgan fingerprint density at radius 1 is 0.419 bits per heavy atom. The zero-order valence-corrected chi connectivity index (χ0v) is 24.5. The van der Waals surface area contributed by atoms with E-state index >= 15 is 0 Å². The first kappa shape index (κ1) is 42.4. The summed E-state index contributed by atoms with van der Waals surface area (Å²) < 4.78 is 0. The summed E-state index contributed by atoms with van der Waals surface area (Å²) in [6, 6.07) is 0. The Balaban J connectivity index is -0.000000195. The molecule has 0 atom stereocenters. The summed E-state index contributed by atoms with van der Waals surface area (Å²) >= 11 is 0. The van der Waals surface area contributed by atoms with Gasteiger partial charge in [-0.1, -0.05) is 143 Å². The maximum atomic E-state index is 8.29. The van der Waals surface area contributed by atoms with Gasteiger partial charge in [0.25, 0.3) is 0 Å². The van der Waals surface area contributed by atoms with Gasteiger partial charge in [0.1, 0.15) is 0 Å². The third kappa shape index (κ3) is 49.4. The zero-order valence-electron chi connectivity index (χ0n) is 21.4. The van der Waals surface area contributed by atoms with Gasteiger partial charge < -0.3 is 35.2 Å². The minimum absolute atomic E-state index is 0. The first-order valence-corrected chi connectivity index (χ1v) is 13.1. The molecule has 0 heterocycles. The summed E-state index contributed by atoms with van der Waals surface area (Å²) in [4.78, 5) is 0. The molecule has 2 nitrogen and oxygen atoms in total. The molecule has 0 rings (SSSR count). The van der Waals surface area contributed by atoms with Gasteiger partial charge in [0.15, 0.2) is 0 Å². The molecule has 0 amide bonds. The van der Waals surface area contributed by atoms with Gasteiger partial charge in [-0.2, -0.15) is 0 Å². The van der Waals surface area contributed by atoms with Gasteiger partial charge in [-0.3, -0.25) is 0 Å². The molecule has 0 aliphatic carbocycles. The summed E-state index contributed by atoms with van der Waals surface area (Å²) in [7, 11) is 0. The molecule has 31 heavy (non-hydrogen) atoms. The van der Waals surface area contributed by atoms with E-state index in [2.05, 4.69) is 26.1 Å². The minimum Gasteiger partial charge on any atom is -1.00 e. The average Bonchev–Trinajstić information content (AvgIpc) is 2.71. The number of unbranched alkanes of at least 4 members (excludes halogenated alkanes) is 17. The van der Waals surface area contributed by atoms with Crippen LogP contribution in [0, 0.1) is 0 Å². The number of rotatable bonds is 22. The largest absolute Gasteiger partial charge is 3.00 e. The fraction of sp³-hybridized carbons (Fsp3) is 1.00. The Morgan fingerprint density at radius 3 is 0.968 bits per heavy atom. The number of aliphatic hydroxyl groups is 1. The Bertz CT molecular complexity index is 227. The molecule has 0 aromatic heterocycles. The topological polar surface area (TPSA) is 34.3 Å². The second-order valence-electron chi connectivity index (χ2n) is 8.40. The Hall–Kier alpha value is 1.21. The van der Waals surface area contributed by atoms with Crippen LogP contribution >= 0.6 is 0 Å². The molecule has 1 N–H and O–H groups in total. The van der Waals surface area contributed by atoms with Crippen molar-refractivity contribution in [3.8, 4) is 0 Å². The number of nitrogens with zero attached hydrogens (tertiary/aromatic N) is 1. The molecule has 0 aromatic rings. The van der Waals surface area contributed by atoms with Gasteiger partial charge in [0.05, 0.1) is 0 Å². The Morgan fingerprint density at radius 2 is 0.677 bits per heavy atom. The van der Waals surface area contributed by atoms with Crippen LogP contribution in [0.3, 0.4) is 0 Å². The van der Waals surface area contributed by atoms with Crippen LogP contribution in [0.15, 0.2) is 0 Å². The van der Waals surface area contributed by atoms with E-state index in [1.165, 1.54) is 122 Å². The standard InChI is InChI=1S/C20H42N.C6H14O.2ClH.Ti/c1-3-5-7-9-11-13-15-17-19-21-20-18-16-14-12-10-8-6-4-2;1-2-3-4-5-6-7;;;/h3-20H2,1-2H3;7H,2-6H2,1H3;2*1H;/q-1;;;;+3/p-2. The fourth-order valence-corrected chi connectivity index (χ4v) is 3.37. The molecule has 0 saturated heterocycles. The summed E-state index contributed by atoms with van der Waals surface area (Å²) in [5.74, 6) is 0. The predicted molar refractivity (Wildman–Crippen MR) is 130 cm³/mol. The number of halogens is 2. The zero-order chi connectivity index (χ0) is 21.0. The van der Waals surface area contributed by atoms with Gasteiger partial charge in [0.2, 0.25) is 0 Å². The van der Waals surface area contributed by atoms with Crippen LogP contribution in [-0.2, 0) is 21.7 Å². The average molecular weight is 518 g/mol. The van der Waals surface area contributed by atoms with Gasteiger partial charge in [-0.05, 0) is 6.42 Å². The van der Waals surface area contributed by atoms with Gasteiger partial charge in [-0.15, -0.1) is 13.1 Å². The monoisotopic (exact) mass is 516 g/mol. The molecule has 0 fully saturated rings.